The van der Waals surface area contributed by atoms with Gasteiger partial charge in [0.15, 0.2) is 0 Å². The van der Waals surface area contributed by atoms with E-state index in [2.05, 4.69) is 183 Å². The lowest BCUT2D eigenvalue weighted by Gasteiger charge is -2.29. The van der Waals surface area contributed by atoms with Crippen LogP contribution in [0.3, 0.4) is 0 Å². The molecule has 0 amide bonds. The third-order valence-electron chi connectivity index (χ3n) is 10.9. The molecule has 0 bridgehead atoms. The topological polar surface area (TPSA) is 16.4 Å². The van der Waals surface area contributed by atoms with Crippen LogP contribution in [0.2, 0.25) is 0 Å². The fourth-order valence-corrected chi connectivity index (χ4v) is 8.33. The Balaban J connectivity index is 1.14. The van der Waals surface area contributed by atoms with Gasteiger partial charge in [0.2, 0.25) is 0 Å². The van der Waals surface area contributed by atoms with Crippen molar-refractivity contribution in [3.8, 4) is 33.4 Å². The van der Waals surface area contributed by atoms with E-state index in [1.807, 2.05) is 12.1 Å². The lowest BCUT2D eigenvalue weighted by atomic mass is 9.82. The molecule has 1 aliphatic rings. The molecule has 2 heteroatoms. The molecular formula is C49H35NO. The number of nitrogens with zero attached hydrogens (tertiary/aromatic N) is 1. The molecule has 0 atom stereocenters. The van der Waals surface area contributed by atoms with E-state index >= 15 is 0 Å². The van der Waals surface area contributed by atoms with E-state index in [9.17, 15) is 0 Å². The van der Waals surface area contributed by atoms with Crippen LogP contribution in [0.15, 0.2) is 180 Å². The SMILES string of the molecule is CC1(C)c2ccccc2-c2c(-c3ccccc3N(c3ccc(-c4ccc5c(c4)oc4ccccc45)cc3)c3ccc4ccccc4c3)cccc21. The second-order valence-electron chi connectivity index (χ2n) is 14.1. The molecule has 1 aromatic heterocycles. The van der Waals surface area contributed by atoms with Crippen molar-refractivity contribution in [3.05, 3.63) is 187 Å². The molecule has 0 aliphatic heterocycles. The molecule has 8 aromatic carbocycles. The van der Waals surface area contributed by atoms with Crippen LogP contribution in [0, 0.1) is 0 Å². The fourth-order valence-electron chi connectivity index (χ4n) is 8.33. The first-order valence-electron chi connectivity index (χ1n) is 17.7. The Morgan fingerprint density at radius 1 is 0.431 bits per heavy atom. The largest absolute Gasteiger partial charge is 0.456 e. The predicted octanol–water partition coefficient (Wildman–Crippen LogP) is 13.8. The lowest BCUT2D eigenvalue weighted by molar-refractivity contribution is 0.660. The van der Waals surface area contributed by atoms with Crippen LogP contribution in [0.4, 0.5) is 17.1 Å². The summed E-state index contributed by atoms with van der Waals surface area (Å²) in [4.78, 5) is 2.42. The highest BCUT2D eigenvalue weighted by Crippen LogP contribution is 2.53. The van der Waals surface area contributed by atoms with Gasteiger partial charge in [0, 0.05) is 33.1 Å². The zero-order chi connectivity index (χ0) is 34.1. The van der Waals surface area contributed by atoms with Gasteiger partial charge >= 0.3 is 0 Å². The molecule has 10 rings (SSSR count). The van der Waals surface area contributed by atoms with E-state index in [1.165, 1.54) is 44.2 Å². The number of hydrogen-bond donors (Lipinski definition) is 0. The minimum absolute atomic E-state index is 0.0733. The van der Waals surface area contributed by atoms with Crippen molar-refractivity contribution in [1.29, 1.82) is 0 Å². The molecule has 51 heavy (non-hydrogen) atoms. The highest BCUT2D eigenvalue weighted by molar-refractivity contribution is 6.06. The van der Waals surface area contributed by atoms with Crippen LogP contribution in [-0.4, -0.2) is 0 Å². The van der Waals surface area contributed by atoms with Gasteiger partial charge in [-0.15, -0.1) is 0 Å². The minimum Gasteiger partial charge on any atom is -0.456 e. The van der Waals surface area contributed by atoms with Gasteiger partial charge in [-0.2, -0.15) is 0 Å². The van der Waals surface area contributed by atoms with Crippen LogP contribution >= 0.6 is 0 Å². The normalized spacial score (nSPS) is 13.1. The Bertz CT molecular complexity index is 2780. The van der Waals surface area contributed by atoms with Gasteiger partial charge in [-0.25, -0.2) is 0 Å². The zero-order valence-corrected chi connectivity index (χ0v) is 28.6. The Morgan fingerprint density at radius 2 is 1.08 bits per heavy atom. The molecule has 0 saturated heterocycles. The molecular weight excluding hydrogens is 619 g/mol. The molecule has 1 aliphatic carbocycles. The van der Waals surface area contributed by atoms with Gasteiger partial charge in [-0.1, -0.05) is 141 Å². The maximum Gasteiger partial charge on any atom is 0.136 e. The zero-order valence-electron chi connectivity index (χ0n) is 28.6. The second kappa shape index (κ2) is 11.3. The Morgan fingerprint density at radius 3 is 1.96 bits per heavy atom. The van der Waals surface area contributed by atoms with E-state index in [0.29, 0.717) is 0 Å². The number of hydrogen-bond acceptors (Lipinski definition) is 2. The van der Waals surface area contributed by atoms with E-state index in [1.54, 1.807) is 0 Å². The molecule has 2 nitrogen and oxygen atoms in total. The van der Waals surface area contributed by atoms with E-state index in [-0.39, 0.29) is 5.41 Å². The van der Waals surface area contributed by atoms with E-state index in [4.69, 9.17) is 4.42 Å². The first-order valence-corrected chi connectivity index (χ1v) is 17.7. The third kappa shape index (κ3) is 4.64. The summed E-state index contributed by atoms with van der Waals surface area (Å²) >= 11 is 0. The van der Waals surface area contributed by atoms with Crippen LogP contribution in [0.25, 0.3) is 66.1 Å². The summed E-state index contributed by atoms with van der Waals surface area (Å²) in [6.45, 7) is 4.70. The number of furan rings is 1. The van der Waals surface area contributed by atoms with Gasteiger partial charge in [-0.3, -0.25) is 0 Å². The summed E-state index contributed by atoms with van der Waals surface area (Å²) in [6.07, 6.45) is 0. The van der Waals surface area contributed by atoms with Crippen molar-refractivity contribution in [2.24, 2.45) is 0 Å². The van der Waals surface area contributed by atoms with E-state index in [0.717, 1.165) is 50.1 Å². The number of para-hydroxylation sites is 2. The maximum atomic E-state index is 6.24. The van der Waals surface area contributed by atoms with Crippen LogP contribution in [-0.2, 0) is 5.41 Å². The average Bonchev–Trinajstić information content (AvgIpc) is 3.67. The van der Waals surface area contributed by atoms with Crippen molar-refractivity contribution >= 4 is 49.8 Å². The van der Waals surface area contributed by atoms with Crippen LogP contribution in [0.5, 0.6) is 0 Å². The highest BCUT2D eigenvalue weighted by atomic mass is 16.3. The summed E-state index contributed by atoms with van der Waals surface area (Å²) in [6, 6.07) is 63.7. The summed E-state index contributed by atoms with van der Waals surface area (Å²) in [5, 5.41) is 4.73. The molecule has 0 saturated carbocycles. The second-order valence-corrected chi connectivity index (χ2v) is 14.1. The molecule has 0 N–H and O–H groups in total. The molecule has 0 radical (unpaired) electrons. The highest BCUT2D eigenvalue weighted by Gasteiger charge is 2.37. The van der Waals surface area contributed by atoms with Crippen molar-refractivity contribution in [1.82, 2.24) is 0 Å². The van der Waals surface area contributed by atoms with Gasteiger partial charge in [0.05, 0.1) is 5.69 Å². The van der Waals surface area contributed by atoms with Crippen molar-refractivity contribution in [2.45, 2.75) is 19.3 Å². The fraction of sp³-hybridized carbons (Fsp3) is 0.0612. The summed E-state index contributed by atoms with van der Waals surface area (Å²) in [5.74, 6) is 0. The van der Waals surface area contributed by atoms with Crippen LogP contribution < -0.4 is 4.90 Å². The van der Waals surface area contributed by atoms with Gasteiger partial charge < -0.3 is 9.32 Å². The first kappa shape index (κ1) is 29.5. The Hall–Kier alpha value is -6.38. The number of fused-ring (bicyclic) bond motifs is 7. The number of benzene rings is 8. The molecule has 242 valence electrons. The van der Waals surface area contributed by atoms with Gasteiger partial charge in [0.1, 0.15) is 11.2 Å². The Kier molecular flexibility index (Phi) is 6.56. The van der Waals surface area contributed by atoms with E-state index < -0.39 is 0 Å². The molecule has 0 spiro atoms. The molecule has 0 unspecified atom stereocenters. The maximum absolute atomic E-state index is 6.24. The molecule has 1 heterocycles. The van der Waals surface area contributed by atoms with Crippen molar-refractivity contribution in [3.63, 3.8) is 0 Å². The third-order valence-corrected chi connectivity index (χ3v) is 10.9. The number of rotatable bonds is 5. The average molecular weight is 654 g/mol. The van der Waals surface area contributed by atoms with Gasteiger partial charge in [-0.05, 0) is 98.2 Å². The summed E-state index contributed by atoms with van der Waals surface area (Å²) in [5.41, 5.74) is 15.3. The van der Waals surface area contributed by atoms with Gasteiger partial charge in [0.25, 0.3) is 0 Å². The smallest absolute Gasteiger partial charge is 0.136 e. The monoisotopic (exact) mass is 653 g/mol. The van der Waals surface area contributed by atoms with Crippen LogP contribution in [0.1, 0.15) is 25.0 Å². The molecule has 0 fully saturated rings. The number of anilines is 3. The molecule has 9 aromatic rings. The van der Waals surface area contributed by atoms with Crippen molar-refractivity contribution in [2.75, 3.05) is 4.90 Å². The lowest BCUT2D eigenvalue weighted by Crippen LogP contribution is -2.14. The summed E-state index contributed by atoms with van der Waals surface area (Å²) in [7, 11) is 0. The Labute approximate surface area is 297 Å². The predicted molar refractivity (Wildman–Crippen MR) is 214 cm³/mol. The van der Waals surface area contributed by atoms with Crippen molar-refractivity contribution < 1.29 is 4.42 Å². The minimum atomic E-state index is -0.0733. The summed E-state index contributed by atoms with van der Waals surface area (Å²) < 4.78 is 6.24. The first-order chi connectivity index (χ1) is 25.0. The standard InChI is InChI=1S/C49H35NO/c1-49(2)43-18-8-5-16-42(43)48-41(17-11-19-44(48)49)38-14-6-9-20-45(38)50(37-28-24-32-12-3-4-13-34(32)30-37)36-26-22-33(23-27-36)35-25-29-40-39-15-7-10-21-46(39)51-47(40)31-35/h3-31H,1-2H3. The quantitative estimate of drug-likeness (QED) is 0.184.